The van der Waals surface area contributed by atoms with E-state index in [0.29, 0.717) is 34.4 Å². The molecular formula is C23H27N3O3S2. The van der Waals surface area contributed by atoms with Crippen molar-refractivity contribution in [3.8, 4) is 0 Å². The number of hydrogen-bond donors (Lipinski definition) is 0. The average molecular weight is 458 g/mol. The summed E-state index contributed by atoms with van der Waals surface area (Å²) >= 11 is 6.72. The minimum atomic E-state index is -0.133. The summed E-state index contributed by atoms with van der Waals surface area (Å²) in [7, 11) is 3.43. The van der Waals surface area contributed by atoms with Crippen LogP contribution in [0.2, 0.25) is 0 Å². The van der Waals surface area contributed by atoms with E-state index in [2.05, 4.69) is 11.0 Å². The molecule has 31 heavy (non-hydrogen) atoms. The highest BCUT2D eigenvalue weighted by Gasteiger charge is 2.32. The lowest BCUT2D eigenvalue weighted by atomic mass is 10.0. The number of ether oxygens (including phenoxy) is 1. The smallest absolute Gasteiger partial charge is 0.266 e. The molecule has 2 aliphatic heterocycles. The minimum Gasteiger partial charge on any atom is -0.385 e. The molecule has 0 N–H and O–H groups in total. The number of carbonyl (C=O) groups is 1. The van der Waals surface area contributed by atoms with Gasteiger partial charge in [0, 0.05) is 45.8 Å². The van der Waals surface area contributed by atoms with Gasteiger partial charge in [0.25, 0.3) is 11.5 Å². The lowest BCUT2D eigenvalue weighted by Crippen LogP contribution is -2.33. The summed E-state index contributed by atoms with van der Waals surface area (Å²) in [4.78, 5) is 30.9. The summed E-state index contributed by atoms with van der Waals surface area (Å²) < 4.78 is 7.30. The maximum absolute atomic E-state index is 13.4. The Morgan fingerprint density at radius 1 is 1.16 bits per heavy atom. The van der Waals surface area contributed by atoms with E-state index in [1.807, 2.05) is 18.2 Å². The second-order valence-corrected chi connectivity index (χ2v) is 9.55. The minimum absolute atomic E-state index is 0.0936. The van der Waals surface area contributed by atoms with Crippen molar-refractivity contribution in [2.45, 2.75) is 25.7 Å². The number of thiocarbonyl (C=S) groups is 1. The van der Waals surface area contributed by atoms with Crippen LogP contribution in [0.15, 0.2) is 34.0 Å². The highest BCUT2D eigenvalue weighted by Crippen LogP contribution is 2.36. The number of carbonyl (C=O) groups excluding carboxylic acids is 1. The molecule has 0 radical (unpaired) electrons. The van der Waals surface area contributed by atoms with Gasteiger partial charge < -0.3 is 14.2 Å². The first kappa shape index (κ1) is 22.0. The molecule has 2 saturated heterocycles. The molecule has 8 heteroatoms. The number of thioether (sulfide) groups is 1. The molecule has 6 nitrogen and oxygen atoms in total. The number of hydrogen-bond acceptors (Lipinski definition) is 6. The van der Waals surface area contributed by atoms with Crippen LogP contribution in [0.1, 0.15) is 31.2 Å². The zero-order chi connectivity index (χ0) is 22.0. The first-order valence-corrected chi connectivity index (χ1v) is 11.9. The van der Waals surface area contributed by atoms with Crippen molar-refractivity contribution < 1.29 is 9.53 Å². The van der Waals surface area contributed by atoms with Gasteiger partial charge in [-0.2, -0.15) is 0 Å². The van der Waals surface area contributed by atoms with Crippen LogP contribution in [-0.2, 0) is 16.6 Å². The zero-order valence-electron chi connectivity index (χ0n) is 17.9. The quantitative estimate of drug-likeness (QED) is 0.374. The number of rotatable bonds is 6. The van der Waals surface area contributed by atoms with Gasteiger partial charge in [-0.3, -0.25) is 14.5 Å². The Hall–Kier alpha value is -2.16. The van der Waals surface area contributed by atoms with Crippen LogP contribution in [-0.4, -0.2) is 53.0 Å². The van der Waals surface area contributed by atoms with Crippen molar-refractivity contribution in [2.24, 2.45) is 7.05 Å². The van der Waals surface area contributed by atoms with Crippen LogP contribution in [0.25, 0.3) is 17.0 Å². The van der Waals surface area contributed by atoms with Gasteiger partial charge in [0.05, 0.1) is 21.7 Å². The SMILES string of the molecule is COCCCN1C(=O)C(=Cc2c(N3CCCCC3)c3ccccc3n(C)c2=O)SC1=S. The molecule has 0 spiro atoms. The van der Waals surface area contributed by atoms with E-state index in [4.69, 9.17) is 17.0 Å². The average Bonchev–Trinajstić information content (AvgIpc) is 3.05. The fourth-order valence-corrected chi connectivity index (χ4v) is 5.57. The summed E-state index contributed by atoms with van der Waals surface area (Å²) in [5.41, 5.74) is 2.31. The van der Waals surface area contributed by atoms with Crippen LogP contribution in [0.5, 0.6) is 0 Å². The molecule has 0 saturated carbocycles. The predicted octanol–water partition coefficient (Wildman–Crippen LogP) is 3.77. The molecule has 1 aromatic heterocycles. The van der Waals surface area contributed by atoms with E-state index >= 15 is 0 Å². The molecule has 1 amide bonds. The van der Waals surface area contributed by atoms with Crippen molar-refractivity contribution in [1.82, 2.24) is 9.47 Å². The number of nitrogens with zero attached hydrogens (tertiary/aromatic N) is 3. The number of aryl methyl sites for hydroxylation is 1. The molecule has 2 aromatic rings. The highest BCUT2D eigenvalue weighted by molar-refractivity contribution is 8.26. The van der Waals surface area contributed by atoms with E-state index in [1.165, 1.54) is 18.2 Å². The second-order valence-electron chi connectivity index (χ2n) is 7.87. The largest absolute Gasteiger partial charge is 0.385 e. The molecule has 4 rings (SSSR count). The third kappa shape index (κ3) is 4.29. The number of methoxy groups -OCH3 is 1. The molecule has 0 aliphatic carbocycles. The lowest BCUT2D eigenvalue weighted by Gasteiger charge is -2.31. The van der Waals surface area contributed by atoms with E-state index in [0.717, 1.165) is 42.5 Å². The molecular weight excluding hydrogens is 430 g/mol. The molecule has 0 bridgehead atoms. The van der Waals surface area contributed by atoms with Crippen molar-refractivity contribution in [3.63, 3.8) is 0 Å². The van der Waals surface area contributed by atoms with Gasteiger partial charge in [0.1, 0.15) is 4.32 Å². The summed E-state index contributed by atoms with van der Waals surface area (Å²) in [6, 6.07) is 7.99. The van der Waals surface area contributed by atoms with E-state index in [1.54, 1.807) is 29.7 Å². The molecule has 1 aromatic carbocycles. The van der Waals surface area contributed by atoms with Crippen molar-refractivity contribution in [3.05, 3.63) is 45.1 Å². The monoisotopic (exact) mass is 457 g/mol. The van der Waals surface area contributed by atoms with Gasteiger partial charge in [0.2, 0.25) is 0 Å². The Morgan fingerprint density at radius 2 is 1.90 bits per heavy atom. The van der Waals surface area contributed by atoms with Crippen LogP contribution >= 0.6 is 24.0 Å². The molecule has 0 atom stereocenters. The maximum Gasteiger partial charge on any atom is 0.266 e. The van der Waals surface area contributed by atoms with Crippen molar-refractivity contribution >= 4 is 56.9 Å². The van der Waals surface area contributed by atoms with E-state index in [9.17, 15) is 9.59 Å². The first-order valence-electron chi connectivity index (χ1n) is 10.6. The Morgan fingerprint density at radius 3 is 2.65 bits per heavy atom. The lowest BCUT2D eigenvalue weighted by molar-refractivity contribution is -0.122. The molecule has 2 fully saturated rings. The number of benzene rings is 1. The highest BCUT2D eigenvalue weighted by atomic mass is 32.2. The molecule has 164 valence electrons. The van der Waals surface area contributed by atoms with E-state index in [-0.39, 0.29) is 11.5 Å². The summed E-state index contributed by atoms with van der Waals surface area (Å²) in [6.45, 7) is 2.91. The van der Waals surface area contributed by atoms with E-state index < -0.39 is 0 Å². The molecule has 2 aliphatic rings. The number of fused-ring (bicyclic) bond motifs is 1. The fourth-order valence-electron chi connectivity index (χ4n) is 4.28. The number of para-hydroxylation sites is 1. The second kappa shape index (κ2) is 9.54. The van der Waals surface area contributed by atoms with Crippen LogP contribution in [0, 0.1) is 0 Å². The summed E-state index contributed by atoms with van der Waals surface area (Å²) in [5.74, 6) is -0.133. The number of pyridine rings is 1. The maximum atomic E-state index is 13.4. The Kier molecular flexibility index (Phi) is 6.79. The van der Waals surface area contributed by atoms with Crippen LogP contribution in [0.3, 0.4) is 0 Å². The normalized spacial score (nSPS) is 18.6. The molecule has 0 unspecified atom stereocenters. The summed E-state index contributed by atoms with van der Waals surface area (Å²) in [6.07, 6.45) is 5.88. The zero-order valence-corrected chi connectivity index (χ0v) is 19.6. The Balaban J connectivity index is 1.82. The topological polar surface area (TPSA) is 54.8 Å². The predicted molar refractivity (Wildman–Crippen MR) is 132 cm³/mol. The standard InChI is InChI=1S/C23H27N3O3S2/c1-24-18-10-5-4-9-16(18)20(25-11-6-3-7-12-25)17(21(24)27)15-19-22(28)26(23(30)31-19)13-8-14-29-2/h4-5,9-10,15H,3,6-8,11-14H2,1-2H3. The number of amides is 1. The van der Waals surface area contributed by atoms with Gasteiger partial charge in [-0.15, -0.1) is 0 Å². The molecule has 3 heterocycles. The van der Waals surface area contributed by atoms with Crippen molar-refractivity contribution in [1.29, 1.82) is 0 Å². The fraction of sp³-hybridized carbons (Fsp3) is 0.435. The van der Waals surface area contributed by atoms with Crippen LogP contribution in [0.4, 0.5) is 5.69 Å². The van der Waals surface area contributed by atoms with Gasteiger partial charge >= 0.3 is 0 Å². The number of piperidine rings is 1. The third-order valence-electron chi connectivity index (χ3n) is 5.86. The van der Waals surface area contributed by atoms with Gasteiger partial charge in [-0.05, 0) is 37.8 Å². The Labute approximate surface area is 191 Å². The Bertz CT molecular complexity index is 1100. The van der Waals surface area contributed by atoms with Crippen molar-refractivity contribution in [2.75, 3.05) is 38.3 Å². The first-order chi connectivity index (χ1) is 15.0. The van der Waals surface area contributed by atoms with Crippen LogP contribution < -0.4 is 10.5 Å². The number of aromatic nitrogens is 1. The van der Waals surface area contributed by atoms with Gasteiger partial charge in [0.15, 0.2) is 0 Å². The number of anilines is 1. The van der Waals surface area contributed by atoms with Gasteiger partial charge in [-0.1, -0.05) is 42.2 Å². The third-order valence-corrected chi connectivity index (χ3v) is 7.24. The summed E-state index contributed by atoms with van der Waals surface area (Å²) in [5, 5.41) is 1.04. The van der Waals surface area contributed by atoms with Gasteiger partial charge in [-0.25, -0.2) is 0 Å².